The molecule has 0 saturated heterocycles. The molecule has 11 nitrogen and oxygen atoms in total. The summed E-state index contributed by atoms with van der Waals surface area (Å²) in [4.78, 5) is 46.9. The summed E-state index contributed by atoms with van der Waals surface area (Å²) < 4.78 is 23.9. The molecular formula is C26H28N4O7S2. The first-order valence-electron chi connectivity index (χ1n) is 11.6. The van der Waals surface area contributed by atoms with Crippen molar-refractivity contribution < 1.29 is 22.8 Å². The molecule has 4 rings (SSSR count). The molecule has 0 spiro atoms. The Kier molecular flexibility index (Phi) is 10.3. The monoisotopic (exact) mass is 572 g/mol. The number of nitrogens with one attached hydrogen (secondary N) is 2. The molecule has 2 N–H and O–H groups in total. The summed E-state index contributed by atoms with van der Waals surface area (Å²) in [7, 11) is -1.06. The normalized spacial score (nSPS) is 11.3. The minimum atomic E-state index is -1.06. The zero-order chi connectivity index (χ0) is 28.5. The van der Waals surface area contributed by atoms with E-state index in [1.54, 1.807) is 48.5 Å². The maximum Gasteiger partial charge on any atom is 0.365 e. The number of benzene rings is 2. The Morgan fingerprint density at radius 3 is 1.56 bits per heavy atom. The third-order valence-corrected chi connectivity index (χ3v) is 6.93. The molecule has 2 aromatic carbocycles. The minimum Gasteiger partial charge on any atom is -0.336 e. The smallest absolute Gasteiger partial charge is 0.336 e. The molecule has 13 heteroatoms. The van der Waals surface area contributed by atoms with E-state index < -0.39 is 22.1 Å². The highest BCUT2D eigenvalue weighted by Gasteiger charge is 2.11. The van der Waals surface area contributed by atoms with Crippen molar-refractivity contribution in [2.24, 2.45) is 0 Å². The summed E-state index contributed by atoms with van der Waals surface area (Å²) in [6, 6.07) is 14.5. The molecule has 1 unspecified atom stereocenters. The predicted octanol–water partition coefficient (Wildman–Crippen LogP) is 2.86. The number of aromatic nitrogens is 2. The number of thioether (sulfide) groups is 1. The average Bonchev–Trinajstić information content (AvgIpc) is 3.48. The van der Waals surface area contributed by atoms with Gasteiger partial charge in [0, 0.05) is 40.7 Å². The predicted molar refractivity (Wildman–Crippen MR) is 149 cm³/mol. The largest absolute Gasteiger partial charge is 0.365 e. The molecule has 2 aromatic heterocycles. The van der Waals surface area contributed by atoms with Gasteiger partial charge >= 0.3 is 11.3 Å². The van der Waals surface area contributed by atoms with E-state index in [0.29, 0.717) is 21.6 Å². The number of carbonyl (C=O) groups excluding carboxylic acids is 2. The maximum atomic E-state index is 11.7. The second-order valence-electron chi connectivity index (χ2n) is 8.17. The van der Waals surface area contributed by atoms with Gasteiger partial charge in [-0.15, -0.1) is 11.8 Å². The second-order valence-corrected chi connectivity index (χ2v) is 10.4. The number of nitrogens with zero attached hydrogens (tertiary/aromatic N) is 2. The van der Waals surface area contributed by atoms with Gasteiger partial charge in [-0.1, -0.05) is 24.3 Å². The van der Waals surface area contributed by atoms with Crippen LogP contribution in [0.15, 0.2) is 89.4 Å². The SMILES string of the molecule is CC(=O)NCn1cc(-c2ccc(S(C)=O)cc2)c(=O)o1.CSc1ccc(-c2cn(CNC(C)=O)oc2=O)cc1. The number of hydrogen-bond acceptors (Lipinski definition) is 8. The van der Waals surface area contributed by atoms with Crippen LogP contribution in [0, 0.1) is 0 Å². The van der Waals surface area contributed by atoms with Gasteiger partial charge in [0.05, 0.1) is 23.5 Å². The number of rotatable bonds is 8. The first kappa shape index (κ1) is 29.5. The summed E-state index contributed by atoms with van der Waals surface area (Å²) >= 11 is 1.64. The highest BCUT2D eigenvalue weighted by Crippen LogP contribution is 2.21. The Balaban J connectivity index is 0.000000216. The van der Waals surface area contributed by atoms with Gasteiger partial charge in [-0.2, -0.15) is 9.48 Å². The van der Waals surface area contributed by atoms with Crippen LogP contribution in [0.5, 0.6) is 0 Å². The third-order valence-electron chi connectivity index (χ3n) is 5.25. The average molecular weight is 573 g/mol. The van der Waals surface area contributed by atoms with Crippen LogP contribution < -0.4 is 21.9 Å². The molecule has 0 radical (unpaired) electrons. The highest BCUT2D eigenvalue weighted by atomic mass is 32.2. The van der Waals surface area contributed by atoms with Crippen LogP contribution in [0.3, 0.4) is 0 Å². The van der Waals surface area contributed by atoms with Gasteiger partial charge in [0.1, 0.15) is 13.3 Å². The van der Waals surface area contributed by atoms with E-state index in [1.165, 1.54) is 29.5 Å². The first-order valence-corrected chi connectivity index (χ1v) is 14.3. The molecule has 0 aliphatic carbocycles. The van der Waals surface area contributed by atoms with Crippen molar-refractivity contribution in [3.8, 4) is 22.3 Å². The van der Waals surface area contributed by atoms with Crippen molar-refractivity contribution in [2.75, 3.05) is 12.5 Å². The van der Waals surface area contributed by atoms with Gasteiger partial charge in [0.25, 0.3) is 0 Å². The van der Waals surface area contributed by atoms with Gasteiger partial charge in [-0.05, 0) is 41.6 Å². The van der Waals surface area contributed by atoms with Crippen LogP contribution in [-0.4, -0.2) is 38.0 Å². The molecule has 0 bridgehead atoms. The first-order chi connectivity index (χ1) is 18.6. The van der Waals surface area contributed by atoms with Crippen molar-refractivity contribution in [1.82, 2.24) is 20.1 Å². The summed E-state index contributed by atoms with van der Waals surface area (Å²) in [6.45, 7) is 3.03. The molecule has 0 fully saturated rings. The topological polar surface area (TPSA) is 146 Å². The quantitative estimate of drug-likeness (QED) is 0.307. The Hall–Kier alpha value is -4.10. The number of amides is 2. The van der Waals surface area contributed by atoms with Gasteiger partial charge < -0.3 is 19.7 Å². The van der Waals surface area contributed by atoms with Crippen LogP contribution in [-0.2, 0) is 33.7 Å². The van der Waals surface area contributed by atoms with Crippen molar-refractivity contribution >= 4 is 34.4 Å². The van der Waals surface area contributed by atoms with E-state index in [9.17, 15) is 23.4 Å². The van der Waals surface area contributed by atoms with E-state index in [1.807, 2.05) is 30.5 Å². The Morgan fingerprint density at radius 1 is 0.795 bits per heavy atom. The van der Waals surface area contributed by atoms with E-state index in [-0.39, 0.29) is 25.2 Å². The summed E-state index contributed by atoms with van der Waals surface area (Å²) in [5, 5.41) is 5.09. The fourth-order valence-electron chi connectivity index (χ4n) is 3.27. The molecule has 0 aliphatic rings. The lowest BCUT2D eigenvalue weighted by Crippen LogP contribution is -2.22. The lowest BCUT2D eigenvalue weighted by atomic mass is 10.1. The van der Waals surface area contributed by atoms with Crippen LogP contribution in [0.1, 0.15) is 13.8 Å². The lowest BCUT2D eigenvalue weighted by Gasteiger charge is -2.00. The molecule has 1 atom stereocenters. The second kappa shape index (κ2) is 13.6. The zero-order valence-corrected chi connectivity index (χ0v) is 23.4. The molecule has 2 amide bonds. The summed E-state index contributed by atoms with van der Waals surface area (Å²) in [5.74, 6) is -0.389. The van der Waals surface area contributed by atoms with E-state index in [4.69, 9.17) is 9.05 Å². The maximum absolute atomic E-state index is 11.7. The molecule has 4 aromatic rings. The zero-order valence-electron chi connectivity index (χ0n) is 21.8. The molecule has 2 heterocycles. The van der Waals surface area contributed by atoms with E-state index in [0.717, 1.165) is 10.5 Å². The molecule has 206 valence electrons. The third kappa shape index (κ3) is 8.45. The van der Waals surface area contributed by atoms with Crippen LogP contribution in [0.4, 0.5) is 0 Å². The summed E-state index contributed by atoms with van der Waals surface area (Å²) in [6.07, 6.45) is 6.70. The van der Waals surface area contributed by atoms with Crippen molar-refractivity contribution in [1.29, 1.82) is 0 Å². The van der Waals surface area contributed by atoms with Crippen molar-refractivity contribution in [2.45, 2.75) is 37.0 Å². The van der Waals surface area contributed by atoms with Crippen LogP contribution in [0.2, 0.25) is 0 Å². The minimum absolute atomic E-state index is 0.0988. The Morgan fingerprint density at radius 2 is 1.21 bits per heavy atom. The van der Waals surface area contributed by atoms with Gasteiger partial charge in [0.2, 0.25) is 11.8 Å². The molecule has 0 saturated carbocycles. The van der Waals surface area contributed by atoms with Crippen molar-refractivity contribution in [3.05, 3.63) is 81.8 Å². The van der Waals surface area contributed by atoms with Gasteiger partial charge in [-0.25, -0.2) is 9.59 Å². The van der Waals surface area contributed by atoms with E-state index >= 15 is 0 Å². The Bertz CT molecular complexity index is 1570. The standard InChI is InChI=1S/C13H14N2O4S.C13H14N2O3S/c1-9(16)14-8-15-7-12(13(17)19-15)10-3-5-11(6-4-10)20(2)18;1-9(16)14-8-15-7-12(13(17)18-15)10-3-5-11(19-2)6-4-10/h3-7H,8H2,1-2H3,(H,14,16);3-7H,8H2,1-2H3,(H,14,16). The van der Waals surface area contributed by atoms with Crippen LogP contribution >= 0.6 is 11.8 Å². The van der Waals surface area contributed by atoms with Gasteiger partial charge in [-0.3, -0.25) is 13.8 Å². The summed E-state index contributed by atoms with van der Waals surface area (Å²) in [5.41, 5.74) is 1.45. The van der Waals surface area contributed by atoms with Crippen molar-refractivity contribution in [3.63, 3.8) is 0 Å². The fourth-order valence-corrected chi connectivity index (χ4v) is 4.20. The highest BCUT2D eigenvalue weighted by molar-refractivity contribution is 7.98. The van der Waals surface area contributed by atoms with Gasteiger partial charge in [0.15, 0.2) is 0 Å². The fraction of sp³-hybridized carbons (Fsp3) is 0.231. The molecule has 0 aliphatic heterocycles. The number of hydrogen-bond donors (Lipinski definition) is 2. The molecule has 39 heavy (non-hydrogen) atoms. The van der Waals surface area contributed by atoms with Crippen LogP contribution in [0.25, 0.3) is 22.3 Å². The lowest BCUT2D eigenvalue weighted by molar-refractivity contribution is -0.120. The molecular weight excluding hydrogens is 544 g/mol. The number of carbonyl (C=O) groups is 2. The Labute approximate surface area is 230 Å². The van der Waals surface area contributed by atoms with E-state index in [2.05, 4.69) is 10.6 Å².